The molecular weight excluding hydrogens is 723 g/mol. The fourth-order valence-electron chi connectivity index (χ4n) is 7.26. The van der Waals surface area contributed by atoms with Crippen LogP contribution < -0.4 is 31.3 Å². The zero-order valence-electron chi connectivity index (χ0n) is 29.1. The van der Waals surface area contributed by atoms with E-state index >= 15 is 0 Å². The second-order valence-corrected chi connectivity index (χ2v) is 15.3. The van der Waals surface area contributed by atoms with Gasteiger partial charge in [-0.15, -0.1) is 0 Å². The predicted molar refractivity (Wildman–Crippen MR) is 195 cm³/mol. The lowest BCUT2D eigenvalue weighted by Gasteiger charge is -2.24. The minimum Gasteiger partial charge on any atom is -0.394 e. The fraction of sp³-hybridized carbons (Fsp3) is 0.412. The van der Waals surface area contributed by atoms with Crippen molar-refractivity contribution in [2.24, 2.45) is 5.14 Å². The molecule has 0 spiro atoms. The van der Waals surface area contributed by atoms with Gasteiger partial charge in [0.05, 0.1) is 36.0 Å². The van der Waals surface area contributed by atoms with Crippen LogP contribution in [0.4, 0.5) is 27.0 Å². The Balaban J connectivity index is 1.16. The fourth-order valence-corrected chi connectivity index (χ4v) is 7.82. The summed E-state index contributed by atoms with van der Waals surface area (Å²) in [4.78, 5) is 55.3. The summed E-state index contributed by atoms with van der Waals surface area (Å²) in [5.74, 6) is 0.0706. The minimum atomic E-state index is -3.96. The van der Waals surface area contributed by atoms with E-state index in [0.717, 1.165) is 10.5 Å². The number of rotatable bonds is 11. The van der Waals surface area contributed by atoms with E-state index in [1.807, 2.05) is 35.2 Å². The van der Waals surface area contributed by atoms with Crippen LogP contribution in [0.5, 0.6) is 0 Å². The van der Waals surface area contributed by atoms with E-state index in [4.69, 9.17) is 15.1 Å². The lowest BCUT2D eigenvalue weighted by molar-refractivity contribution is -0.130. The maximum absolute atomic E-state index is 12.9. The van der Waals surface area contributed by atoms with Crippen molar-refractivity contribution < 1.29 is 38.1 Å². The van der Waals surface area contributed by atoms with Crippen molar-refractivity contribution in [1.82, 2.24) is 35.1 Å². The van der Waals surface area contributed by atoms with Crippen molar-refractivity contribution in [2.45, 2.75) is 73.5 Å². The van der Waals surface area contributed by atoms with E-state index in [1.54, 1.807) is 11.5 Å². The Kier molecular flexibility index (Phi) is 10.1. The number of carbonyl (C=O) groups excluding carboxylic acids is 3. The molecule has 2 aliphatic heterocycles. The molecule has 1 saturated carbocycles. The third kappa shape index (κ3) is 7.37. The van der Waals surface area contributed by atoms with E-state index < -0.39 is 64.4 Å². The molecule has 7 atom stereocenters. The molecule has 54 heavy (non-hydrogen) atoms. The zero-order chi connectivity index (χ0) is 38.3. The molecule has 3 fully saturated rings. The number of urea groups is 2. The molecule has 0 radical (unpaired) electrons. The van der Waals surface area contributed by atoms with Crippen LogP contribution in [0.25, 0.3) is 11.2 Å². The maximum Gasteiger partial charge on any atom is 0.325 e. The minimum absolute atomic E-state index is 0.0278. The number of aliphatic hydroxyl groups excluding tert-OH is 3. The molecule has 1 aliphatic carbocycles. The number of hydrogen-bond acceptors (Lipinski definition) is 13. The SMILES string of the molecule is CC1NC(=O)N([C@H]2C[C@@H](n3cnc4c(N[C@H](CO)Cc5ccccc5)nc(N5CCC(NC(=O)Nc6cccc(S(N)(=O)=O)c6)C5)nc43)[C@H](O)[C@@H]2O)C1=O. The van der Waals surface area contributed by atoms with Gasteiger partial charge in [-0.3, -0.25) is 9.69 Å². The van der Waals surface area contributed by atoms with Gasteiger partial charge in [-0.25, -0.2) is 28.1 Å². The lowest BCUT2D eigenvalue weighted by Crippen LogP contribution is -2.47. The Morgan fingerprint density at radius 2 is 1.83 bits per heavy atom. The van der Waals surface area contributed by atoms with Crippen LogP contribution in [0.1, 0.15) is 31.4 Å². The highest BCUT2D eigenvalue weighted by atomic mass is 32.2. The summed E-state index contributed by atoms with van der Waals surface area (Å²) >= 11 is 0. The summed E-state index contributed by atoms with van der Waals surface area (Å²) in [5.41, 5.74) is 1.85. The van der Waals surface area contributed by atoms with Crippen molar-refractivity contribution in [1.29, 1.82) is 0 Å². The van der Waals surface area contributed by atoms with Gasteiger partial charge < -0.3 is 46.1 Å². The number of nitrogens with zero attached hydrogens (tertiary/aromatic N) is 6. The number of imidazole rings is 1. The number of benzene rings is 2. The number of imide groups is 1. The van der Waals surface area contributed by atoms with E-state index in [9.17, 15) is 38.1 Å². The summed E-state index contributed by atoms with van der Waals surface area (Å²) in [6.45, 7) is 2.05. The van der Waals surface area contributed by atoms with Crippen LogP contribution in [0.3, 0.4) is 0 Å². The molecule has 9 N–H and O–H groups in total. The maximum atomic E-state index is 12.9. The average Bonchev–Trinajstić information content (AvgIpc) is 3.90. The quantitative estimate of drug-likeness (QED) is 0.0926. The molecule has 20 heteroatoms. The van der Waals surface area contributed by atoms with E-state index in [-0.39, 0.29) is 35.6 Å². The summed E-state index contributed by atoms with van der Waals surface area (Å²) in [6.07, 6.45) is -0.355. The molecule has 19 nitrogen and oxygen atoms in total. The van der Waals surface area contributed by atoms with E-state index in [0.29, 0.717) is 42.9 Å². The summed E-state index contributed by atoms with van der Waals surface area (Å²) in [6, 6.07) is 10.6. The first-order chi connectivity index (χ1) is 25.8. The third-order valence-corrected chi connectivity index (χ3v) is 10.9. The highest BCUT2D eigenvalue weighted by Crippen LogP contribution is 2.38. The van der Waals surface area contributed by atoms with Crippen molar-refractivity contribution in [3.63, 3.8) is 0 Å². The van der Waals surface area contributed by atoms with Crippen molar-refractivity contribution >= 4 is 56.6 Å². The lowest BCUT2D eigenvalue weighted by atomic mass is 10.1. The van der Waals surface area contributed by atoms with Gasteiger partial charge in [0, 0.05) is 24.8 Å². The molecule has 2 aromatic carbocycles. The molecule has 5 amide bonds. The number of fused-ring (bicyclic) bond motifs is 1. The Bertz CT molecular complexity index is 2170. The zero-order valence-corrected chi connectivity index (χ0v) is 29.9. The van der Waals surface area contributed by atoms with Gasteiger partial charge in [0.25, 0.3) is 5.91 Å². The van der Waals surface area contributed by atoms with Gasteiger partial charge in [-0.1, -0.05) is 36.4 Å². The van der Waals surface area contributed by atoms with Gasteiger partial charge >= 0.3 is 12.1 Å². The van der Waals surface area contributed by atoms with E-state index in [2.05, 4.69) is 26.3 Å². The van der Waals surface area contributed by atoms with Gasteiger partial charge in [0.2, 0.25) is 16.0 Å². The van der Waals surface area contributed by atoms with Crippen LogP contribution in [0.2, 0.25) is 0 Å². The van der Waals surface area contributed by atoms with Crippen LogP contribution >= 0.6 is 0 Å². The Morgan fingerprint density at radius 1 is 1.07 bits per heavy atom. The first-order valence-corrected chi connectivity index (χ1v) is 19.0. The summed E-state index contributed by atoms with van der Waals surface area (Å²) < 4.78 is 25.1. The molecule has 7 rings (SSSR count). The summed E-state index contributed by atoms with van der Waals surface area (Å²) in [7, 11) is -3.96. The second-order valence-electron chi connectivity index (χ2n) is 13.7. The first kappa shape index (κ1) is 36.9. The number of nitrogens with one attached hydrogen (secondary N) is 4. The normalized spacial score (nSPS) is 24.9. The number of aliphatic hydroxyl groups is 3. The molecule has 2 aromatic heterocycles. The monoisotopic (exact) mass is 763 g/mol. The number of sulfonamides is 1. The Hall–Kier alpha value is -5.41. The van der Waals surface area contributed by atoms with Crippen LogP contribution in [-0.4, -0.2) is 122 Å². The highest BCUT2D eigenvalue weighted by molar-refractivity contribution is 7.89. The number of nitrogens with two attached hydrogens (primary N) is 1. The van der Waals surface area contributed by atoms with Gasteiger partial charge in [0.1, 0.15) is 18.2 Å². The third-order valence-electron chi connectivity index (χ3n) is 10.00. The van der Waals surface area contributed by atoms with Gasteiger partial charge in [-0.2, -0.15) is 9.97 Å². The Morgan fingerprint density at radius 3 is 2.54 bits per heavy atom. The number of anilines is 3. The van der Waals surface area contributed by atoms with Crippen LogP contribution in [0, 0.1) is 0 Å². The molecular formula is C34H41N11O8S. The standard InChI is InChI=1S/C34H41N11O8S/c1-18-31(49)45(34(51)37-18)25-14-24(27(47)28(25)48)44-17-36-26-29(38-22(16-46)12-19-6-3-2-4-7-19)41-32(42-30(26)44)43-11-10-21(15-43)40-33(50)39-20-8-5-9-23(13-20)54(35,52)53/h2-9,13,17-18,21-22,24-25,27-28,46-48H,10-12,14-16H2,1H3,(H,37,51)(H2,35,52,53)(H,38,41,42)(H2,39,40,50)/t18?,21?,22-,24+,25-,27-,28+/m0/s1. The number of primary sulfonamides is 1. The molecule has 2 unspecified atom stereocenters. The number of hydrogen-bond donors (Lipinski definition) is 8. The Labute approximate surface area is 309 Å². The van der Waals surface area contributed by atoms with Gasteiger partial charge in [-0.05, 0) is 49.9 Å². The summed E-state index contributed by atoms with van der Waals surface area (Å²) in [5, 5.41) is 49.3. The predicted octanol–water partition coefficient (Wildman–Crippen LogP) is -0.135. The van der Waals surface area contributed by atoms with Gasteiger partial charge in [0.15, 0.2) is 17.0 Å². The number of aromatic nitrogens is 4. The number of amides is 5. The average molecular weight is 764 g/mol. The van der Waals surface area contributed by atoms with Crippen molar-refractivity contribution in [3.8, 4) is 0 Å². The molecule has 0 bridgehead atoms. The molecule has 3 aliphatic rings. The van der Waals surface area contributed by atoms with E-state index in [1.165, 1.54) is 30.6 Å². The molecule has 286 valence electrons. The smallest absolute Gasteiger partial charge is 0.325 e. The second kappa shape index (κ2) is 14.8. The highest BCUT2D eigenvalue weighted by Gasteiger charge is 2.51. The molecule has 4 aromatic rings. The van der Waals surface area contributed by atoms with Crippen molar-refractivity contribution in [3.05, 3.63) is 66.5 Å². The number of carbonyl (C=O) groups is 3. The van der Waals surface area contributed by atoms with Crippen molar-refractivity contribution in [2.75, 3.05) is 35.2 Å². The molecule has 4 heterocycles. The first-order valence-electron chi connectivity index (χ1n) is 17.4. The van der Waals surface area contributed by atoms with Crippen LogP contribution in [-0.2, 0) is 21.2 Å². The largest absolute Gasteiger partial charge is 0.394 e. The molecule has 2 saturated heterocycles. The topological polar surface area (TPSA) is 270 Å². The van der Waals surface area contributed by atoms with Crippen LogP contribution in [0.15, 0.2) is 65.8 Å².